The Balaban J connectivity index is 2.18. The molecule has 0 saturated carbocycles. The highest BCUT2D eigenvalue weighted by atomic mass is 35.5. The van der Waals surface area contributed by atoms with E-state index < -0.39 is 10.0 Å². The molecule has 0 atom stereocenters. The number of methoxy groups -OCH3 is 1. The Morgan fingerprint density at radius 3 is 2.56 bits per heavy atom. The molecule has 27 heavy (non-hydrogen) atoms. The number of nitrogens with zero attached hydrogens (tertiary/aromatic N) is 2. The Labute approximate surface area is 167 Å². The van der Waals surface area contributed by atoms with Crippen molar-refractivity contribution in [3.8, 4) is 5.75 Å². The van der Waals surface area contributed by atoms with Crippen LogP contribution in [0.2, 0.25) is 10.0 Å². The van der Waals surface area contributed by atoms with Crippen molar-refractivity contribution in [2.75, 3.05) is 11.4 Å². The first-order valence-electron chi connectivity index (χ1n) is 7.86. The second kappa shape index (κ2) is 7.80. The van der Waals surface area contributed by atoms with Gasteiger partial charge in [0.25, 0.3) is 10.0 Å². The van der Waals surface area contributed by atoms with Gasteiger partial charge in [-0.1, -0.05) is 40.5 Å². The summed E-state index contributed by atoms with van der Waals surface area (Å²) in [6.45, 7) is 1.66. The van der Waals surface area contributed by atoms with Crippen molar-refractivity contribution in [2.24, 2.45) is 0 Å². The van der Waals surface area contributed by atoms with Crippen LogP contribution in [0.1, 0.15) is 11.5 Å². The summed E-state index contributed by atoms with van der Waals surface area (Å²) < 4.78 is 38.5. The third-order valence-corrected chi connectivity index (χ3v) is 6.27. The summed E-state index contributed by atoms with van der Waals surface area (Å²) in [7, 11) is -2.61. The highest BCUT2D eigenvalue weighted by Crippen LogP contribution is 2.36. The van der Waals surface area contributed by atoms with Crippen molar-refractivity contribution in [2.45, 2.75) is 18.4 Å². The lowest BCUT2D eigenvalue weighted by Gasteiger charge is -2.25. The highest BCUT2D eigenvalue weighted by molar-refractivity contribution is 7.93. The van der Waals surface area contributed by atoms with Crippen LogP contribution in [-0.2, 0) is 16.6 Å². The molecule has 0 aliphatic carbocycles. The Hall–Kier alpha value is -2.22. The molecule has 6 nitrogen and oxygen atoms in total. The van der Waals surface area contributed by atoms with Crippen LogP contribution in [0.25, 0.3) is 0 Å². The minimum absolute atomic E-state index is 0.0654. The molecule has 0 saturated heterocycles. The van der Waals surface area contributed by atoms with E-state index in [0.29, 0.717) is 22.9 Å². The van der Waals surface area contributed by atoms with Gasteiger partial charge in [-0.2, -0.15) is 0 Å². The molecular weight excluding hydrogens is 411 g/mol. The largest absolute Gasteiger partial charge is 0.495 e. The van der Waals surface area contributed by atoms with Gasteiger partial charge in [-0.15, -0.1) is 0 Å². The van der Waals surface area contributed by atoms with Gasteiger partial charge in [-0.25, -0.2) is 8.42 Å². The molecule has 2 aromatic carbocycles. The molecule has 0 bridgehead atoms. The van der Waals surface area contributed by atoms with Crippen molar-refractivity contribution < 1.29 is 17.7 Å². The fourth-order valence-electron chi connectivity index (χ4n) is 2.57. The molecule has 0 aliphatic rings. The van der Waals surface area contributed by atoms with Gasteiger partial charge in [-0.05, 0) is 37.3 Å². The average molecular weight is 427 g/mol. The Kier molecular flexibility index (Phi) is 5.64. The Morgan fingerprint density at radius 1 is 1.15 bits per heavy atom. The minimum atomic E-state index is -4.07. The van der Waals surface area contributed by atoms with Crippen LogP contribution in [0.4, 0.5) is 5.69 Å². The predicted octanol–water partition coefficient (Wildman–Crippen LogP) is 4.69. The number of aromatic nitrogens is 1. The fraction of sp³-hybridized carbons (Fsp3) is 0.167. The van der Waals surface area contributed by atoms with Gasteiger partial charge in [0.05, 0.1) is 24.4 Å². The molecule has 0 radical (unpaired) electrons. The lowest BCUT2D eigenvalue weighted by atomic mass is 10.3. The number of halogens is 2. The summed E-state index contributed by atoms with van der Waals surface area (Å²) >= 11 is 12.2. The summed E-state index contributed by atoms with van der Waals surface area (Å²) in [5.74, 6) is 0.961. The van der Waals surface area contributed by atoms with Gasteiger partial charge in [0, 0.05) is 11.1 Å². The highest BCUT2D eigenvalue weighted by Gasteiger charge is 2.30. The molecular formula is C18H16Cl2N2O4S. The average Bonchev–Trinajstić information content (AvgIpc) is 3.06. The summed E-state index contributed by atoms with van der Waals surface area (Å²) in [5, 5.41) is 4.23. The first-order valence-corrected chi connectivity index (χ1v) is 10.1. The molecule has 0 fully saturated rings. The number of sulfonamides is 1. The van der Waals surface area contributed by atoms with Gasteiger partial charge in [-0.3, -0.25) is 4.31 Å². The fourth-order valence-corrected chi connectivity index (χ4v) is 4.76. The number of anilines is 1. The molecule has 9 heteroatoms. The number of para-hydroxylation sites is 2. The van der Waals surface area contributed by atoms with Crippen LogP contribution < -0.4 is 9.04 Å². The molecule has 0 unspecified atom stereocenters. The zero-order valence-electron chi connectivity index (χ0n) is 14.5. The maximum Gasteiger partial charge on any atom is 0.266 e. The van der Waals surface area contributed by atoms with E-state index in [1.165, 1.54) is 29.6 Å². The summed E-state index contributed by atoms with van der Waals surface area (Å²) in [6, 6.07) is 12.7. The zero-order valence-corrected chi connectivity index (χ0v) is 16.8. The van der Waals surface area contributed by atoms with Crippen LogP contribution in [0.15, 0.2) is 57.9 Å². The zero-order chi connectivity index (χ0) is 19.6. The van der Waals surface area contributed by atoms with E-state index in [1.807, 2.05) is 0 Å². The molecule has 0 N–H and O–H groups in total. The van der Waals surface area contributed by atoms with Gasteiger partial charge >= 0.3 is 0 Å². The third-order valence-electron chi connectivity index (χ3n) is 3.80. The van der Waals surface area contributed by atoms with Crippen molar-refractivity contribution in [3.63, 3.8) is 0 Å². The second-order valence-electron chi connectivity index (χ2n) is 5.69. The topological polar surface area (TPSA) is 72.6 Å². The van der Waals surface area contributed by atoms with Crippen LogP contribution >= 0.6 is 23.2 Å². The number of aryl methyl sites for hydroxylation is 1. The van der Waals surface area contributed by atoms with Crippen molar-refractivity contribution >= 4 is 38.9 Å². The van der Waals surface area contributed by atoms with Crippen LogP contribution in [0.5, 0.6) is 5.75 Å². The molecule has 0 spiro atoms. The van der Waals surface area contributed by atoms with E-state index in [9.17, 15) is 8.42 Å². The predicted molar refractivity (Wildman–Crippen MR) is 104 cm³/mol. The normalized spacial score (nSPS) is 11.4. The second-order valence-corrected chi connectivity index (χ2v) is 8.36. The van der Waals surface area contributed by atoms with E-state index in [1.54, 1.807) is 37.3 Å². The first kappa shape index (κ1) is 19.5. The van der Waals surface area contributed by atoms with Crippen LogP contribution in [0.3, 0.4) is 0 Å². The first-order chi connectivity index (χ1) is 12.8. The smallest absolute Gasteiger partial charge is 0.266 e. The maximum atomic E-state index is 13.5. The number of hydrogen-bond acceptors (Lipinski definition) is 5. The van der Waals surface area contributed by atoms with E-state index in [-0.39, 0.29) is 21.5 Å². The molecule has 0 amide bonds. The maximum absolute atomic E-state index is 13.5. The number of benzene rings is 2. The molecule has 1 heterocycles. The molecule has 0 aliphatic heterocycles. The summed E-state index contributed by atoms with van der Waals surface area (Å²) in [4.78, 5) is -0.109. The number of hydrogen-bond donors (Lipinski definition) is 0. The Morgan fingerprint density at radius 2 is 1.89 bits per heavy atom. The molecule has 3 rings (SSSR count). The van der Waals surface area contributed by atoms with E-state index in [0.717, 1.165) is 0 Å². The summed E-state index contributed by atoms with van der Waals surface area (Å²) in [5.41, 5.74) is 0.789. The quantitative estimate of drug-likeness (QED) is 0.571. The Bertz CT molecular complexity index is 1070. The van der Waals surface area contributed by atoms with E-state index in [4.69, 9.17) is 32.5 Å². The van der Waals surface area contributed by atoms with E-state index >= 15 is 0 Å². The van der Waals surface area contributed by atoms with E-state index in [2.05, 4.69) is 5.16 Å². The molecule has 3 aromatic rings. The molecule has 1 aromatic heterocycles. The van der Waals surface area contributed by atoms with Gasteiger partial charge in [0.1, 0.15) is 22.1 Å². The van der Waals surface area contributed by atoms with Crippen molar-refractivity contribution in [1.29, 1.82) is 0 Å². The van der Waals surface area contributed by atoms with Crippen LogP contribution in [-0.4, -0.2) is 20.7 Å². The van der Waals surface area contributed by atoms with Crippen LogP contribution in [0, 0.1) is 6.92 Å². The van der Waals surface area contributed by atoms with Gasteiger partial charge < -0.3 is 9.26 Å². The third kappa shape index (κ3) is 4.05. The lowest BCUT2D eigenvalue weighted by molar-refractivity contribution is 0.390. The SMILES string of the molecule is COc1ccccc1N(Cc1cc(C)on1)S(=O)(=O)c1cc(Cl)ccc1Cl. The minimum Gasteiger partial charge on any atom is -0.495 e. The number of rotatable bonds is 6. The lowest BCUT2D eigenvalue weighted by Crippen LogP contribution is -2.31. The summed E-state index contributed by atoms with van der Waals surface area (Å²) in [6.07, 6.45) is 0. The standard InChI is InChI=1S/C18H16Cl2N2O4S/c1-12-9-14(21-26-12)11-22(16-5-3-4-6-17(16)25-2)27(23,24)18-10-13(19)7-8-15(18)20/h3-10H,11H2,1-2H3. The van der Waals surface area contributed by atoms with Crippen molar-refractivity contribution in [3.05, 3.63) is 70.0 Å². The molecule has 142 valence electrons. The van der Waals surface area contributed by atoms with Crippen molar-refractivity contribution in [1.82, 2.24) is 5.16 Å². The monoisotopic (exact) mass is 426 g/mol. The van der Waals surface area contributed by atoms with Gasteiger partial charge in [0.15, 0.2) is 0 Å². The van der Waals surface area contributed by atoms with Gasteiger partial charge in [0.2, 0.25) is 0 Å². The number of ether oxygens (including phenoxy) is 1.